The number of benzene rings is 2. The Hall–Kier alpha value is -2.28. The maximum atomic E-state index is 11.6. The van der Waals surface area contributed by atoms with E-state index in [4.69, 9.17) is 16.3 Å². The van der Waals surface area contributed by atoms with Crippen molar-refractivity contribution in [2.24, 2.45) is 0 Å². The summed E-state index contributed by atoms with van der Waals surface area (Å²) in [4.78, 5) is 11.6. The van der Waals surface area contributed by atoms with Gasteiger partial charge in [-0.1, -0.05) is 29.3 Å². The first-order chi connectivity index (χ1) is 13.2. The third-order valence-corrected chi connectivity index (χ3v) is 3.93. The zero-order valence-corrected chi connectivity index (χ0v) is 18.8. The number of ether oxygens (including phenoxy) is 1. The molecule has 0 spiro atoms. The van der Waals surface area contributed by atoms with E-state index in [-0.39, 0.29) is 21.7 Å². The Kier molecular flexibility index (Phi) is 6.83. The zero-order chi connectivity index (χ0) is 22.0. The van der Waals surface area contributed by atoms with Crippen molar-refractivity contribution in [3.05, 3.63) is 52.5 Å². The van der Waals surface area contributed by atoms with Crippen LogP contribution in [0.3, 0.4) is 0 Å². The Labute approximate surface area is 177 Å². The average Bonchev–Trinajstić information content (AvgIpc) is 2.55. The molecular formula is C22H30ClN3O3. The lowest BCUT2D eigenvalue weighted by Gasteiger charge is -2.38. The van der Waals surface area contributed by atoms with Crippen molar-refractivity contribution >= 4 is 23.3 Å². The van der Waals surface area contributed by atoms with E-state index in [2.05, 4.69) is 10.9 Å². The van der Waals surface area contributed by atoms with Gasteiger partial charge in [0.15, 0.2) is 5.75 Å². The van der Waals surface area contributed by atoms with Crippen LogP contribution in [0.2, 0.25) is 5.02 Å². The van der Waals surface area contributed by atoms with E-state index in [0.29, 0.717) is 17.2 Å². The van der Waals surface area contributed by atoms with Gasteiger partial charge >= 0.3 is 5.97 Å². The van der Waals surface area contributed by atoms with E-state index in [1.807, 2.05) is 72.7 Å². The molecule has 158 valence electrons. The van der Waals surface area contributed by atoms with Crippen LogP contribution in [0.4, 0.5) is 5.69 Å². The molecule has 0 bridgehead atoms. The van der Waals surface area contributed by atoms with Gasteiger partial charge in [0.05, 0.1) is 10.6 Å². The Balaban J connectivity index is 2.62. The van der Waals surface area contributed by atoms with Crippen LogP contribution in [0, 0.1) is 6.92 Å². The van der Waals surface area contributed by atoms with Gasteiger partial charge in [0.25, 0.3) is 0 Å². The minimum absolute atomic E-state index is 0.0673. The second-order valence-electron chi connectivity index (χ2n) is 9.09. The SMILES string of the molecule is Cc1ccc(Oc2c(Cl)cc(C(=O)O)cc2N(NC(C)(C)C)NC(C)(C)C)cc1. The van der Waals surface area contributed by atoms with E-state index >= 15 is 0 Å². The molecule has 0 aliphatic heterocycles. The number of aryl methyl sites for hydroxylation is 1. The molecule has 0 aliphatic rings. The van der Waals surface area contributed by atoms with Crippen molar-refractivity contribution in [1.82, 2.24) is 10.9 Å². The van der Waals surface area contributed by atoms with Gasteiger partial charge in [-0.05, 0) is 72.7 Å². The van der Waals surface area contributed by atoms with Gasteiger partial charge in [-0.2, -0.15) is 0 Å². The first-order valence-electron chi connectivity index (χ1n) is 9.42. The number of nitrogens with one attached hydrogen (secondary N) is 2. The number of hydrogen-bond donors (Lipinski definition) is 3. The summed E-state index contributed by atoms with van der Waals surface area (Å²) < 4.78 is 6.09. The predicted molar refractivity (Wildman–Crippen MR) is 118 cm³/mol. The Morgan fingerprint density at radius 3 is 1.97 bits per heavy atom. The predicted octanol–water partition coefficient (Wildman–Crippen LogP) is 5.55. The maximum absolute atomic E-state index is 11.6. The molecule has 2 rings (SSSR count). The van der Waals surface area contributed by atoms with Crippen LogP contribution in [0.25, 0.3) is 0 Å². The monoisotopic (exact) mass is 419 g/mol. The fraction of sp³-hybridized carbons (Fsp3) is 0.409. The largest absolute Gasteiger partial charge is 0.478 e. The van der Waals surface area contributed by atoms with Crippen molar-refractivity contribution in [3.8, 4) is 11.5 Å². The molecule has 0 fully saturated rings. The molecule has 3 N–H and O–H groups in total. The third kappa shape index (κ3) is 6.92. The van der Waals surface area contributed by atoms with Gasteiger partial charge in [-0.3, -0.25) is 0 Å². The number of anilines is 1. The van der Waals surface area contributed by atoms with Crippen LogP contribution in [-0.2, 0) is 0 Å². The lowest BCUT2D eigenvalue weighted by atomic mass is 10.1. The summed E-state index contributed by atoms with van der Waals surface area (Å²) in [5.74, 6) is -0.108. The molecule has 0 saturated carbocycles. The summed E-state index contributed by atoms with van der Waals surface area (Å²) in [6.45, 7) is 14.0. The first-order valence-corrected chi connectivity index (χ1v) is 9.80. The quantitative estimate of drug-likeness (QED) is 0.533. The minimum atomic E-state index is -1.07. The highest BCUT2D eigenvalue weighted by Crippen LogP contribution is 2.40. The molecule has 0 atom stereocenters. The van der Waals surface area contributed by atoms with Gasteiger partial charge in [0, 0.05) is 11.1 Å². The molecular weight excluding hydrogens is 390 g/mol. The fourth-order valence-electron chi connectivity index (χ4n) is 2.51. The Morgan fingerprint density at radius 1 is 1.00 bits per heavy atom. The fourth-order valence-corrected chi connectivity index (χ4v) is 2.77. The summed E-state index contributed by atoms with van der Waals surface area (Å²) in [5, 5.41) is 11.4. The minimum Gasteiger partial charge on any atom is -0.478 e. The molecule has 0 aromatic heterocycles. The van der Waals surface area contributed by atoms with Crippen molar-refractivity contribution < 1.29 is 14.6 Å². The number of aromatic carboxylic acids is 1. The summed E-state index contributed by atoms with van der Waals surface area (Å²) in [7, 11) is 0. The van der Waals surface area contributed by atoms with E-state index in [1.165, 1.54) is 12.1 Å². The van der Waals surface area contributed by atoms with E-state index < -0.39 is 5.97 Å². The molecule has 0 saturated heterocycles. The molecule has 2 aromatic rings. The van der Waals surface area contributed by atoms with Crippen LogP contribution in [0.15, 0.2) is 36.4 Å². The summed E-state index contributed by atoms with van der Waals surface area (Å²) in [6.07, 6.45) is 0. The number of hydrazine groups is 2. The molecule has 0 heterocycles. The highest BCUT2D eigenvalue weighted by Gasteiger charge is 2.26. The lowest BCUT2D eigenvalue weighted by Crippen LogP contribution is -2.61. The first kappa shape index (κ1) is 23.0. The van der Waals surface area contributed by atoms with Gasteiger partial charge < -0.3 is 9.84 Å². The second-order valence-corrected chi connectivity index (χ2v) is 9.49. The smallest absolute Gasteiger partial charge is 0.335 e. The molecule has 0 unspecified atom stereocenters. The molecule has 6 nitrogen and oxygen atoms in total. The zero-order valence-electron chi connectivity index (χ0n) is 18.1. The van der Waals surface area contributed by atoms with Crippen LogP contribution in [0.5, 0.6) is 11.5 Å². The standard InChI is InChI=1S/C22H30ClN3O3/c1-14-8-10-16(11-9-14)29-19-17(23)12-15(20(27)28)13-18(19)26(24-21(2,3)4)25-22(5,6)7/h8-13,24-25H,1-7H3,(H,27,28). The van der Waals surface area contributed by atoms with Crippen LogP contribution >= 0.6 is 11.6 Å². The molecule has 0 amide bonds. The average molecular weight is 420 g/mol. The molecule has 7 heteroatoms. The van der Waals surface area contributed by atoms with Crippen LogP contribution < -0.4 is 20.7 Å². The molecule has 29 heavy (non-hydrogen) atoms. The van der Waals surface area contributed by atoms with Gasteiger partial charge in [0.1, 0.15) is 11.4 Å². The van der Waals surface area contributed by atoms with Crippen molar-refractivity contribution in [1.29, 1.82) is 0 Å². The van der Waals surface area contributed by atoms with Crippen molar-refractivity contribution in [2.45, 2.75) is 59.5 Å². The van der Waals surface area contributed by atoms with E-state index in [0.717, 1.165) is 5.56 Å². The highest BCUT2D eigenvalue weighted by atomic mass is 35.5. The molecule has 0 aliphatic carbocycles. The normalized spacial score (nSPS) is 12.0. The topological polar surface area (TPSA) is 73.8 Å². The maximum Gasteiger partial charge on any atom is 0.335 e. The van der Waals surface area contributed by atoms with Crippen LogP contribution in [0.1, 0.15) is 57.5 Å². The van der Waals surface area contributed by atoms with Crippen molar-refractivity contribution in [2.75, 3.05) is 5.12 Å². The number of hydrogen-bond acceptors (Lipinski definition) is 5. The van der Waals surface area contributed by atoms with Gasteiger partial charge in [-0.15, -0.1) is 0 Å². The van der Waals surface area contributed by atoms with Crippen molar-refractivity contribution in [3.63, 3.8) is 0 Å². The number of carboxylic acids is 1. The Morgan fingerprint density at radius 2 is 1.52 bits per heavy atom. The summed E-state index contributed by atoms with van der Waals surface area (Å²) in [5.41, 5.74) is 7.71. The second kappa shape index (κ2) is 8.61. The number of rotatable bonds is 6. The summed E-state index contributed by atoms with van der Waals surface area (Å²) in [6, 6.07) is 10.5. The van der Waals surface area contributed by atoms with E-state index in [1.54, 1.807) is 5.12 Å². The molecule has 2 aromatic carbocycles. The van der Waals surface area contributed by atoms with Gasteiger partial charge in [0.2, 0.25) is 0 Å². The van der Waals surface area contributed by atoms with E-state index in [9.17, 15) is 9.90 Å². The Bertz CT molecular complexity index is 853. The summed E-state index contributed by atoms with van der Waals surface area (Å²) >= 11 is 6.48. The third-order valence-electron chi connectivity index (χ3n) is 3.65. The van der Waals surface area contributed by atoms with Crippen LogP contribution in [-0.4, -0.2) is 22.2 Å². The number of halogens is 1. The number of nitrogens with zero attached hydrogens (tertiary/aromatic N) is 1. The number of carboxylic acid groups (broad SMARTS) is 1. The molecule has 0 radical (unpaired) electrons. The highest BCUT2D eigenvalue weighted by molar-refractivity contribution is 6.33. The number of carbonyl (C=O) groups is 1. The lowest BCUT2D eigenvalue weighted by molar-refractivity contribution is 0.0697. The van der Waals surface area contributed by atoms with Gasteiger partial charge in [-0.25, -0.2) is 20.8 Å².